The number of aromatic nitrogens is 4. The van der Waals surface area contributed by atoms with Gasteiger partial charge >= 0.3 is 0 Å². The summed E-state index contributed by atoms with van der Waals surface area (Å²) in [5, 5.41) is 0. The number of aromatic amines is 1. The highest BCUT2D eigenvalue weighted by atomic mass is 32.1. The summed E-state index contributed by atoms with van der Waals surface area (Å²) in [4.78, 5) is 11.3. The summed E-state index contributed by atoms with van der Waals surface area (Å²) < 4.78 is 2.59. The lowest BCUT2D eigenvalue weighted by Crippen LogP contribution is -1.97. The van der Waals surface area contributed by atoms with Gasteiger partial charge in [-0.15, -0.1) is 0 Å². The number of fused-ring (bicyclic) bond motifs is 1. The van der Waals surface area contributed by atoms with Gasteiger partial charge in [-0.25, -0.2) is 9.97 Å². The molecule has 0 unspecified atom stereocenters. The number of hydrogen-bond acceptors (Lipinski definition) is 3. The van der Waals surface area contributed by atoms with Crippen LogP contribution in [-0.2, 0) is 6.54 Å². The third kappa shape index (κ3) is 1.68. The predicted octanol–water partition coefficient (Wildman–Crippen LogP) is 2.29. The van der Waals surface area contributed by atoms with Crippen LogP contribution in [0.5, 0.6) is 0 Å². The third-order valence-corrected chi connectivity index (χ3v) is 2.36. The van der Waals surface area contributed by atoms with E-state index < -0.39 is 0 Å². The second-order valence-electron chi connectivity index (χ2n) is 3.21. The van der Waals surface area contributed by atoms with E-state index in [0.717, 1.165) is 24.1 Å². The highest BCUT2D eigenvalue weighted by Crippen LogP contribution is 2.08. The minimum absolute atomic E-state index is 0.510. The molecule has 0 aliphatic rings. The van der Waals surface area contributed by atoms with Crippen molar-refractivity contribution < 1.29 is 0 Å². The van der Waals surface area contributed by atoms with Gasteiger partial charge < -0.3 is 9.55 Å². The standard InChI is InChI=1S/C9H12N4S/c1-2-3-4-13-6-11-7-5-10-9(14)12-8(7)13/h5-6H,2-4H2,1H3,(H,10,12,14). The lowest BCUT2D eigenvalue weighted by atomic mass is 10.3. The second-order valence-corrected chi connectivity index (χ2v) is 3.60. The van der Waals surface area contributed by atoms with Crippen molar-refractivity contribution in [3.05, 3.63) is 17.3 Å². The van der Waals surface area contributed by atoms with Gasteiger partial charge in [0.15, 0.2) is 4.77 Å². The summed E-state index contributed by atoms with van der Waals surface area (Å²) in [6.45, 7) is 3.14. The van der Waals surface area contributed by atoms with Gasteiger partial charge in [-0.05, 0) is 18.6 Å². The van der Waals surface area contributed by atoms with Crippen LogP contribution in [0, 0.1) is 4.77 Å². The molecule has 14 heavy (non-hydrogen) atoms. The summed E-state index contributed by atoms with van der Waals surface area (Å²) in [7, 11) is 0. The van der Waals surface area contributed by atoms with Gasteiger partial charge in [-0.3, -0.25) is 0 Å². The van der Waals surface area contributed by atoms with Crippen molar-refractivity contribution in [2.45, 2.75) is 26.3 Å². The van der Waals surface area contributed by atoms with Gasteiger partial charge in [0.05, 0.1) is 12.5 Å². The molecule has 0 atom stereocenters. The number of hydrogen-bond donors (Lipinski definition) is 1. The lowest BCUT2D eigenvalue weighted by Gasteiger charge is -2.01. The molecule has 2 heterocycles. The lowest BCUT2D eigenvalue weighted by molar-refractivity contribution is 0.641. The molecule has 1 N–H and O–H groups in total. The van der Waals surface area contributed by atoms with Crippen molar-refractivity contribution in [2.75, 3.05) is 0 Å². The normalized spacial score (nSPS) is 10.9. The molecule has 0 fully saturated rings. The van der Waals surface area contributed by atoms with Crippen molar-refractivity contribution in [2.24, 2.45) is 0 Å². The number of nitrogens with one attached hydrogen (secondary N) is 1. The topological polar surface area (TPSA) is 46.5 Å². The maximum atomic E-state index is 4.97. The Morgan fingerprint density at radius 2 is 2.36 bits per heavy atom. The van der Waals surface area contributed by atoms with E-state index in [2.05, 4.69) is 26.4 Å². The molecule has 0 bridgehead atoms. The van der Waals surface area contributed by atoms with E-state index in [1.807, 2.05) is 6.33 Å². The molecule has 2 aromatic rings. The van der Waals surface area contributed by atoms with E-state index in [4.69, 9.17) is 12.2 Å². The molecule has 0 radical (unpaired) electrons. The van der Waals surface area contributed by atoms with Gasteiger partial charge in [0.1, 0.15) is 11.2 Å². The molecule has 0 aromatic carbocycles. The highest BCUT2D eigenvalue weighted by molar-refractivity contribution is 7.71. The Morgan fingerprint density at radius 1 is 1.50 bits per heavy atom. The molecular formula is C9H12N4S. The van der Waals surface area contributed by atoms with Crippen LogP contribution in [0.25, 0.3) is 11.2 Å². The van der Waals surface area contributed by atoms with E-state index in [-0.39, 0.29) is 0 Å². The molecule has 0 aliphatic carbocycles. The van der Waals surface area contributed by atoms with Crippen LogP contribution in [0.1, 0.15) is 19.8 Å². The Kier molecular flexibility index (Phi) is 2.58. The maximum absolute atomic E-state index is 4.97. The van der Waals surface area contributed by atoms with Crippen LogP contribution in [0.3, 0.4) is 0 Å². The number of nitrogens with zero attached hydrogens (tertiary/aromatic N) is 3. The van der Waals surface area contributed by atoms with Gasteiger partial charge in [0, 0.05) is 6.54 Å². The summed E-state index contributed by atoms with van der Waals surface area (Å²) in [6, 6.07) is 0. The van der Waals surface area contributed by atoms with Crippen LogP contribution in [0.2, 0.25) is 0 Å². The monoisotopic (exact) mass is 208 g/mol. The van der Waals surface area contributed by atoms with E-state index in [9.17, 15) is 0 Å². The van der Waals surface area contributed by atoms with Crippen molar-refractivity contribution >= 4 is 23.4 Å². The van der Waals surface area contributed by atoms with Crippen molar-refractivity contribution in [3.8, 4) is 0 Å². The Balaban J connectivity index is 2.45. The number of imidazole rings is 1. The number of aryl methyl sites for hydroxylation is 1. The highest BCUT2D eigenvalue weighted by Gasteiger charge is 2.01. The predicted molar refractivity (Wildman–Crippen MR) is 57.6 cm³/mol. The molecule has 0 spiro atoms. The first kappa shape index (κ1) is 9.33. The molecule has 0 saturated heterocycles. The first-order valence-electron chi connectivity index (χ1n) is 4.71. The third-order valence-electron chi connectivity index (χ3n) is 2.15. The van der Waals surface area contributed by atoms with Gasteiger partial charge in [0.25, 0.3) is 0 Å². The average Bonchev–Trinajstić information content (AvgIpc) is 2.57. The van der Waals surface area contributed by atoms with Crippen LogP contribution in [0.4, 0.5) is 0 Å². The fraction of sp³-hybridized carbons (Fsp3) is 0.444. The zero-order valence-corrected chi connectivity index (χ0v) is 8.84. The summed E-state index contributed by atoms with van der Waals surface area (Å²) >= 11 is 4.97. The fourth-order valence-corrected chi connectivity index (χ4v) is 1.53. The number of rotatable bonds is 3. The van der Waals surface area contributed by atoms with Crippen LogP contribution < -0.4 is 0 Å². The molecule has 4 nitrogen and oxygen atoms in total. The van der Waals surface area contributed by atoms with Gasteiger partial charge in [-0.1, -0.05) is 13.3 Å². The Hall–Kier alpha value is -1.23. The van der Waals surface area contributed by atoms with Crippen LogP contribution in [-0.4, -0.2) is 19.5 Å². The van der Waals surface area contributed by atoms with Crippen molar-refractivity contribution in [3.63, 3.8) is 0 Å². The second kappa shape index (κ2) is 3.88. The molecule has 0 amide bonds. The largest absolute Gasteiger partial charge is 0.317 e. The molecule has 2 rings (SSSR count). The summed E-state index contributed by atoms with van der Waals surface area (Å²) in [5.74, 6) is 0. The molecule has 5 heteroatoms. The van der Waals surface area contributed by atoms with E-state index in [1.165, 1.54) is 6.42 Å². The fourth-order valence-electron chi connectivity index (χ4n) is 1.38. The number of H-pyrrole nitrogens is 1. The first-order chi connectivity index (χ1) is 6.81. The van der Waals surface area contributed by atoms with Crippen molar-refractivity contribution in [1.29, 1.82) is 0 Å². The zero-order chi connectivity index (χ0) is 9.97. The van der Waals surface area contributed by atoms with E-state index in [0.29, 0.717) is 4.77 Å². The quantitative estimate of drug-likeness (QED) is 0.787. The van der Waals surface area contributed by atoms with Gasteiger partial charge in [0.2, 0.25) is 0 Å². The average molecular weight is 208 g/mol. The molecular weight excluding hydrogens is 196 g/mol. The smallest absolute Gasteiger partial charge is 0.198 e. The Labute approximate surface area is 87.0 Å². The van der Waals surface area contributed by atoms with Gasteiger partial charge in [-0.2, -0.15) is 0 Å². The SMILES string of the molecule is CCCCn1cnc2cnc(=S)[nH]c21. The maximum Gasteiger partial charge on any atom is 0.198 e. The molecule has 2 aromatic heterocycles. The first-order valence-corrected chi connectivity index (χ1v) is 5.12. The Morgan fingerprint density at radius 3 is 3.14 bits per heavy atom. The van der Waals surface area contributed by atoms with Crippen LogP contribution >= 0.6 is 12.2 Å². The summed E-state index contributed by atoms with van der Waals surface area (Å²) in [5.41, 5.74) is 1.84. The Bertz CT molecular complexity index is 485. The van der Waals surface area contributed by atoms with E-state index in [1.54, 1.807) is 6.20 Å². The summed E-state index contributed by atoms with van der Waals surface area (Å²) in [6.07, 6.45) is 5.85. The van der Waals surface area contributed by atoms with E-state index >= 15 is 0 Å². The minimum Gasteiger partial charge on any atom is -0.317 e. The zero-order valence-electron chi connectivity index (χ0n) is 8.03. The van der Waals surface area contributed by atoms with Crippen molar-refractivity contribution in [1.82, 2.24) is 19.5 Å². The minimum atomic E-state index is 0.510. The molecule has 0 aliphatic heterocycles. The van der Waals surface area contributed by atoms with Crippen LogP contribution in [0.15, 0.2) is 12.5 Å². The molecule has 74 valence electrons. The molecule has 0 saturated carbocycles. The number of unbranched alkanes of at least 4 members (excludes halogenated alkanes) is 1.